The molecule has 0 saturated carbocycles. The van der Waals surface area contributed by atoms with Crippen LogP contribution >= 0.6 is 0 Å². The molecule has 1 rings (SSSR count). The number of hydrogen-bond donors (Lipinski definition) is 0. The summed E-state index contributed by atoms with van der Waals surface area (Å²) >= 11 is 0. The minimum absolute atomic E-state index is 0.239. The van der Waals surface area contributed by atoms with Gasteiger partial charge in [-0.15, -0.1) is 0 Å². The SMILES string of the molecule is CN1CCC(OCC(F)(F)F)C1. The largest absolute Gasteiger partial charge is 0.411 e. The number of likely N-dealkylation sites (tertiary alicyclic amines) is 1. The molecule has 0 aromatic carbocycles. The number of ether oxygens (including phenoxy) is 1. The Morgan fingerprint density at radius 3 is 2.58 bits per heavy atom. The van der Waals surface area contributed by atoms with Gasteiger partial charge in [-0.1, -0.05) is 0 Å². The van der Waals surface area contributed by atoms with Gasteiger partial charge in [0.05, 0.1) is 6.10 Å². The fourth-order valence-electron chi connectivity index (χ4n) is 1.24. The molecule has 0 aliphatic carbocycles. The monoisotopic (exact) mass is 183 g/mol. The smallest absolute Gasteiger partial charge is 0.367 e. The van der Waals surface area contributed by atoms with Crippen LogP contribution in [0.25, 0.3) is 0 Å². The lowest BCUT2D eigenvalue weighted by atomic mass is 10.3. The Balaban J connectivity index is 2.16. The Hall–Kier alpha value is -0.290. The number of rotatable bonds is 2. The molecule has 0 amide bonds. The summed E-state index contributed by atoms with van der Waals surface area (Å²) in [4.78, 5) is 1.96. The second-order valence-corrected chi connectivity index (χ2v) is 3.10. The van der Waals surface area contributed by atoms with Gasteiger partial charge in [0.25, 0.3) is 0 Å². The summed E-state index contributed by atoms with van der Waals surface area (Å²) in [6, 6.07) is 0. The van der Waals surface area contributed by atoms with Crippen molar-refractivity contribution in [3.05, 3.63) is 0 Å². The zero-order valence-electron chi connectivity index (χ0n) is 6.90. The van der Waals surface area contributed by atoms with Crippen molar-refractivity contribution in [3.8, 4) is 0 Å². The molecule has 12 heavy (non-hydrogen) atoms. The highest BCUT2D eigenvalue weighted by atomic mass is 19.4. The van der Waals surface area contributed by atoms with Gasteiger partial charge < -0.3 is 9.64 Å². The molecule has 0 radical (unpaired) electrons. The van der Waals surface area contributed by atoms with E-state index in [2.05, 4.69) is 4.74 Å². The van der Waals surface area contributed by atoms with Gasteiger partial charge in [-0.25, -0.2) is 0 Å². The van der Waals surface area contributed by atoms with Crippen LogP contribution in [-0.4, -0.2) is 43.9 Å². The molecule has 1 unspecified atom stereocenters. The normalized spacial score (nSPS) is 26.5. The summed E-state index contributed by atoms with van der Waals surface area (Å²) in [6.07, 6.45) is -3.73. The molecule has 2 nitrogen and oxygen atoms in total. The Labute approximate surface area is 69.3 Å². The summed E-state index contributed by atoms with van der Waals surface area (Å²) in [5.74, 6) is 0. The molecule has 5 heteroatoms. The van der Waals surface area contributed by atoms with Gasteiger partial charge in [0, 0.05) is 13.1 Å². The first kappa shape index (κ1) is 9.80. The van der Waals surface area contributed by atoms with E-state index in [1.807, 2.05) is 11.9 Å². The summed E-state index contributed by atoms with van der Waals surface area (Å²) in [5.41, 5.74) is 0. The van der Waals surface area contributed by atoms with Gasteiger partial charge in [0.2, 0.25) is 0 Å². The molecular weight excluding hydrogens is 171 g/mol. The Kier molecular flexibility index (Phi) is 2.95. The molecule has 1 aliphatic rings. The van der Waals surface area contributed by atoms with Crippen LogP contribution in [-0.2, 0) is 4.74 Å². The van der Waals surface area contributed by atoms with Crippen molar-refractivity contribution in [2.24, 2.45) is 0 Å². The molecule has 72 valence electrons. The third-order valence-corrected chi connectivity index (χ3v) is 1.83. The van der Waals surface area contributed by atoms with Crippen molar-refractivity contribution in [2.75, 3.05) is 26.7 Å². The van der Waals surface area contributed by atoms with E-state index in [1.165, 1.54) is 0 Å². The first-order valence-corrected chi connectivity index (χ1v) is 3.84. The van der Waals surface area contributed by atoms with Crippen LogP contribution in [0, 0.1) is 0 Å². The zero-order chi connectivity index (χ0) is 9.19. The maximum atomic E-state index is 11.7. The van der Waals surface area contributed by atoms with Crippen molar-refractivity contribution >= 4 is 0 Å². The van der Waals surface area contributed by atoms with E-state index < -0.39 is 12.8 Å². The predicted molar refractivity (Wildman–Crippen MR) is 37.9 cm³/mol. The fraction of sp³-hybridized carbons (Fsp3) is 1.00. The number of hydrogen-bond acceptors (Lipinski definition) is 2. The maximum absolute atomic E-state index is 11.7. The third kappa shape index (κ3) is 3.40. The molecule has 1 atom stereocenters. The molecular formula is C7H12F3NO. The molecule has 1 saturated heterocycles. The minimum Gasteiger partial charge on any atom is -0.367 e. The van der Waals surface area contributed by atoms with E-state index >= 15 is 0 Å². The van der Waals surface area contributed by atoms with E-state index in [0.717, 1.165) is 6.54 Å². The number of nitrogens with zero attached hydrogens (tertiary/aromatic N) is 1. The molecule has 0 spiro atoms. The van der Waals surface area contributed by atoms with Gasteiger partial charge in [0.1, 0.15) is 6.61 Å². The first-order chi connectivity index (χ1) is 5.47. The lowest BCUT2D eigenvalue weighted by Gasteiger charge is -2.13. The topological polar surface area (TPSA) is 12.5 Å². The van der Waals surface area contributed by atoms with Gasteiger partial charge in [-0.2, -0.15) is 13.2 Å². The number of halogens is 3. The molecule has 0 aromatic rings. The second-order valence-electron chi connectivity index (χ2n) is 3.10. The Morgan fingerprint density at radius 1 is 1.50 bits per heavy atom. The van der Waals surface area contributed by atoms with E-state index in [9.17, 15) is 13.2 Å². The van der Waals surface area contributed by atoms with Crippen molar-refractivity contribution in [3.63, 3.8) is 0 Å². The average molecular weight is 183 g/mol. The molecule has 1 heterocycles. The first-order valence-electron chi connectivity index (χ1n) is 3.84. The van der Waals surface area contributed by atoms with E-state index in [0.29, 0.717) is 13.0 Å². The number of alkyl halides is 3. The molecule has 1 aliphatic heterocycles. The standard InChI is InChI=1S/C7H12F3NO/c1-11-3-2-6(4-11)12-5-7(8,9)10/h6H,2-5H2,1H3. The highest BCUT2D eigenvalue weighted by molar-refractivity contribution is 4.73. The second kappa shape index (κ2) is 3.62. The minimum atomic E-state index is -4.19. The summed E-state index contributed by atoms with van der Waals surface area (Å²) < 4.78 is 39.7. The van der Waals surface area contributed by atoms with Crippen LogP contribution in [0.5, 0.6) is 0 Å². The quantitative estimate of drug-likeness (QED) is 0.639. The highest BCUT2D eigenvalue weighted by Crippen LogP contribution is 2.18. The average Bonchev–Trinajstić information content (AvgIpc) is 2.30. The number of likely N-dealkylation sites (N-methyl/N-ethyl adjacent to an activating group) is 1. The third-order valence-electron chi connectivity index (χ3n) is 1.83. The van der Waals surface area contributed by atoms with E-state index in [-0.39, 0.29) is 6.10 Å². The van der Waals surface area contributed by atoms with Crippen LogP contribution in [0.15, 0.2) is 0 Å². The van der Waals surface area contributed by atoms with Gasteiger partial charge in [-0.05, 0) is 13.5 Å². The lowest BCUT2D eigenvalue weighted by Crippen LogP contribution is -2.25. The lowest BCUT2D eigenvalue weighted by molar-refractivity contribution is -0.183. The molecule has 0 bridgehead atoms. The van der Waals surface area contributed by atoms with Crippen molar-refractivity contribution in [1.29, 1.82) is 0 Å². The fourth-order valence-corrected chi connectivity index (χ4v) is 1.24. The van der Waals surface area contributed by atoms with Crippen LogP contribution < -0.4 is 0 Å². The molecule has 0 aromatic heterocycles. The van der Waals surface area contributed by atoms with Gasteiger partial charge in [-0.3, -0.25) is 0 Å². The Bertz CT molecular complexity index is 148. The van der Waals surface area contributed by atoms with Crippen LogP contribution in [0.3, 0.4) is 0 Å². The van der Waals surface area contributed by atoms with Crippen LogP contribution in [0.2, 0.25) is 0 Å². The van der Waals surface area contributed by atoms with Crippen molar-refractivity contribution < 1.29 is 17.9 Å². The zero-order valence-corrected chi connectivity index (χ0v) is 6.90. The van der Waals surface area contributed by atoms with Gasteiger partial charge >= 0.3 is 6.18 Å². The van der Waals surface area contributed by atoms with Crippen LogP contribution in [0.4, 0.5) is 13.2 Å². The highest BCUT2D eigenvalue weighted by Gasteiger charge is 2.30. The summed E-state index contributed by atoms with van der Waals surface area (Å²) in [6.45, 7) is 0.310. The van der Waals surface area contributed by atoms with E-state index in [1.54, 1.807) is 0 Å². The Morgan fingerprint density at radius 2 is 2.17 bits per heavy atom. The van der Waals surface area contributed by atoms with Crippen molar-refractivity contribution in [2.45, 2.75) is 18.7 Å². The van der Waals surface area contributed by atoms with Crippen LogP contribution in [0.1, 0.15) is 6.42 Å². The van der Waals surface area contributed by atoms with E-state index in [4.69, 9.17) is 0 Å². The maximum Gasteiger partial charge on any atom is 0.411 e. The predicted octanol–water partition coefficient (Wildman–Crippen LogP) is 1.27. The van der Waals surface area contributed by atoms with Crippen molar-refractivity contribution in [1.82, 2.24) is 4.90 Å². The molecule has 1 fully saturated rings. The van der Waals surface area contributed by atoms with Gasteiger partial charge in [0.15, 0.2) is 0 Å². The molecule has 0 N–H and O–H groups in total. The summed E-state index contributed by atoms with van der Waals surface area (Å²) in [5, 5.41) is 0. The summed E-state index contributed by atoms with van der Waals surface area (Å²) in [7, 11) is 1.87.